The van der Waals surface area contributed by atoms with Crippen LogP contribution in [0.4, 0.5) is 10.5 Å². The quantitative estimate of drug-likeness (QED) is 0.282. The first kappa shape index (κ1) is 29.2. The lowest BCUT2D eigenvalue weighted by molar-refractivity contribution is -0.190. The number of halogens is 2. The van der Waals surface area contributed by atoms with Crippen LogP contribution in [0.2, 0.25) is 10.0 Å². The molecule has 2 saturated heterocycles. The molecule has 1 N–H and O–H groups in total. The van der Waals surface area contributed by atoms with E-state index in [2.05, 4.69) is 20.4 Å². The lowest BCUT2D eigenvalue weighted by Gasteiger charge is -2.35. The van der Waals surface area contributed by atoms with Crippen LogP contribution in [-0.2, 0) is 21.8 Å². The predicted octanol–water partition coefficient (Wildman–Crippen LogP) is 4.76. The lowest BCUT2D eigenvalue weighted by atomic mass is 10.1. The monoisotopic (exact) mass is 624 g/mol. The van der Waals surface area contributed by atoms with Gasteiger partial charge in [-0.05, 0) is 48.5 Å². The molecule has 2 aliphatic rings. The Kier molecular flexibility index (Phi) is 8.96. The van der Waals surface area contributed by atoms with Crippen molar-refractivity contribution in [1.82, 2.24) is 25.2 Å². The molecule has 4 aromatic rings. The van der Waals surface area contributed by atoms with Crippen LogP contribution in [0, 0.1) is 0 Å². The fourth-order valence-electron chi connectivity index (χ4n) is 5.05. The molecule has 43 heavy (non-hydrogen) atoms. The maximum Gasteiger partial charge on any atom is 0.427 e. The second kappa shape index (κ2) is 13.2. The number of nitrogens with one attached hydrogen (secondary N) is 1. The van der Waals surface area contributed by atoms with Crippen LogP contribution in [-0.4, -0.2) is 71.4 Å². The maximum absolute atomic E-state index is 12.2. The molecule has 3 heterocycles. The molecule has 6 rings (SSSR count). The summed E-state index contributed by atoms with van der Waals surface area (Å²) in [6.07, 6.45) is 2.21. The van der Waals surface area contributed by atoms with Gasteiger partial charge in [-0.25, -0.2) is 19.5 Å². The number of anilines is 1. The van der Waals surface area contributed by atoms with Crippen molar-refractivity contribution < 1.29 is 23.7 Å². The number of hydrogen-bond donors (Lipinski definition) is 1. The summed E-state index contributed by atoms with van der Waals surface area (Å²) in [4.78, 5) is 18.5. The average Bonchev–Trinajstić information content (AvgIpc) is 3.68. The molecular weight excluding hydrogens is 595 g/mol. The van der Waals surface area contributed by atoms with E-state index in [9.17, 15) is 4.79 Å². The Balaban J connectivity index is 1.00. The molecule has 2 aliphatic heterocycles. The highest BCUT2D eigenvalue weighted by Gasteiger charge is 2.45. The van der Waals surface area contributed by atoms with E-state index in [1.807, 2.05) is 47.5 Å². The first-order valence-corrected chi connectivity index (χ1v) is 14.6. The molecular formula is C30H30Cl2N6O5. The molecule has 0 radical (unpaired) electrons. The fourth-order valence-corrected chi connectivity index (χ4v) is 5.60. The van der Waals surface area contributed by atoms with Crippen LogP contribution in [0.5, 0.6) is 11.5 Å². The molecule has 1 amide bonds. The van der Waals surface area contributed by atoms with Crippen molar-refractivity contribution in [3.05, 3.63) is 101 Å². The Morgan fingerprint density at radius 2 is 1.79 bits per heavy atom. The minimum absolute atomic E-state index is 0.260. The van der Waals surface area contributed by atoms with Gasteiger partial charge in [-0.1, -0.05) is 47.5 Å². The zero-order valence-corrected chi connectivity index (χ0v) is 24.7. The Morgan fingerprint density at radius 3 is 2.51 bits per heavy atom. The number of carbonyl (C=O) groups excluding carboxylic acids is 1. The second-order valence-electron chi connectivity index (χ2n) is 10.1. The summed E-state index contributed by atoms with van der Waals surface area (Å²) in [6.45, 7) is 3.68. The zero-order valence-electron chi connectivity index (χ0n) is 23.1. The number of rotatable bonds is 9. The van der Waals surface area contributed by atoms with E-state index in [-0.39, 0.29) is 19.3 Å². The van der Waals surface area contributed by atoms with E-state index < -0.39 is 11.9 Å². The van der Waals surface area contributed by atoms with E-state index in [1.165, 1.54) is 6.33 Å². The third-order valence-electron chi connectivity index (χ3n) is 7.16. The van der Waals surface area contributed by atoms with Gasteiger partial charge in [0.15, 0.2) is 0 Å². The van der Waals surface area contributed by atoms with Crippen molar-refractivity contribution in [3.8, 4) is 11.5 Å². The van der Waals surface area contributed by atoms with Gasteiger partial charge < -0.3 is 23.8 Å². The molecule has 3 aromatic carbocycles. The largest absolute Gasteiger partial charge is 0.491 e. The SMILES string of the molecule is O=C(NN1CCN(c2ccc(OC[C@@H]3CO[C@@](Cn4cncn4)(c4ccc(Cl)cc4Cl)O3)cc2)CC1)Oc1ccccc1. The fraction of sp³-hybridized carbons (Fsp3) is 0.300. The van der Waals surface area contributed by atoms with Gasteiger partial charge in [0.25, 0.3) is 0 Å². The Morgan fingerprint density at radius 1 is 1.00 bits per heavy atom. The first-order valence-electron chi connectivity index (χ1n) is 13.8. The molecule has 0 saturated carbocycles. The number of aromatic nitrogens is 3. The number of amides is 1. The molecule has 0 unspecified atom stereocenters. The Bertz CT molecular complexity index is 1500. The third-order valence-corrected chi connectivity index (χ3v) is 7.71. The standard InChI is InChI=1S/C30H30Cl2N6O5/c31-22-6-11-27(28(32)16-22)30(19-38-21-33-20-34-38)41-18-26(43-30)17-40-24-9-7-23(8-10-24)36-12-14-37(15-13-36)35-29(39)42-25-4-2-1-3-5-25/h1-11,16,20-21,26H,12-15,17-19H2,(H,35,39)/t26-,30-/m1/s1. The summed E-state index contributed by atoms with van der Waals surface area (Å²) < 4.78 is 25.7. The van der Waals surface area contributed by atoms with Crippen molar-refractivity contribution in [3.63, 3.8) is 0 Å². The summed E-state index contributed by atoms with van der Waals surface area (Å²) in [5.41, 5.74) is 4.54. The van der Waals surface area contributed by atoms with Gasteiger partial charge in [-0.15, -0.1) is 0 Å². The minimum Gasteiger partial charge on any atom is -0.491 e. The smallest absolute Gasteiger partial charge is 0.427 e. The molecule has 0 bridgehead atoms. The highest BCUT2D eigenvalue weighted by atomic mass is 35.5. The van der Waals surface area contributed by atoms with E-state index in [0.29, 0.717) is 41.1 Å². The van der Waals surface area contributed by atoms with E-state index in [1.54, 1.807) is 41.3 Å². The number of para-hydroxylation sites is 1. The van der Waals surface area contributed by atoms with Crippen LogP contribution in [0.1, 0.15) is 5.56 Å². The lowest BCUT2D eigenvalue weighted by Crippen LogP contribution is -2.54. The zero-order chi connectivity index (χ0) is 29.6. The number of benzene rings is 3. The van der Waals surface area contributed by atoms with Crippen molar-refractivity contribution >= 4 is 35.0 Å². The van der Waals surface area contributed by atoms with Gasteiger partial charge in [0, 0.05) is 42.5 Å². The van der Waals surface area contributed by atoms with E-state index in [4.69, 9.17) is 42.1 Å². The molecule has 13 heteroatoms. The van der Waals surface area contributed by atoms with Crippen LogP contribution in [0.3, 0.4) is 0 Å². The number of carbonyl (C=O) groups is 1. The average molecular weight is 626 g/mol. The van der Waals surface area contributed by atoms with Gasteiger partial charge in [-0.2, -0.15) is 5.10 Å². The molecule has 2 fully saturated rings. The Labute approximate surface area is 258 Å². The maximum atomic E-state index is 12.2. The number of ether oxygens (including phenoxy) is 4. The van der Waals surface area contributed by atoms with Crippen molar-refractivity contribution in [2.45, 2.75) is 18.4 Å². The van der Waals surface area contributed by atoms with Crippen molar-refractivity contribution in [1.29, 1.82) is 0 Å². The molecule has 0 spiro atoms. The summed E-state index contributed by atoms with van der Waals surface area (Å²) in [5.74, 6) is 0.0577. The summed E-state index contributed by atoms with van der Waals surface area (Å²) in [6, 6.07) is 22.1. The normalized spacial score (nSPS) is 20.6. The number of hydrogen-bond acceptors (Lipinski definition) is 9. The number of hydrazine groups is 1. The second-order valence-corrected chi connectivity index (χ2v) is 11.0. The van der Waals surface area contributed by atoms with Gasteiger partial charge in [0.05, 0.1) is 11.6 Å². The van der Waals surface area contributed by atoms with Crippen LogP contribution >= 0.6 is 23.2 Å². The summed E-state index contributed by atoms with van der Waals surface area (Å²) in [7, 11) is 0. The van der Waals surface area contributed by atoms with E-state index in [0.717, 1.165) is 24.5 Å². The minimum atomic E-state index is -1.16. The molecule has 0 aliphatic carbocycles. The molecule has 224 valence electrons. The van der Waals surface area contributed by atoms with Gasteiger partial charge in [0.1, 0.15) is 43.4 Å². The Hall–Kier alpha value is -3.87. The van der Waals surface area contributed by atoms with Crippen LogP contribution in [0.15, 0.2) is 85.5 Å². The van der Waals surface area contributed by atoms with Gasteiger partial charge in [0.2, 0.25) is 5.79 Å². The summed E-state index contributed by atoms with van der Waals surface area (Å²) >= 11 is 12.7. The number of nitrogens with zero attached hydrogens (tertiary/aromatic N) is 5. The highest BCUT2D eigenvalue weighted by molar-refractivity contribution is 6.35. The first-order chi connectivity index (χ1) is 21.0. The van der Waals surface area contributed by atoms with Crippen LogP contribution < -0.4 is 19.8 Å². The molecule has 2 atom stereocenters. The molecule has 11 nitrogen and oxygen atoms in total. The highest BCUT2D eigenvalue weighted by Crippen LogP contribution is 2.40. The summed E-state index contributed by atoms with van der Waals surface area (Å²) in [5, 5.41) is 7.03. The third kappa shape index (κ3) is 7.20. The predicted molar refractivity (Wildman–Crippen MR) is 160 cm³/mol. The number of piperazine rings is 1. The van der Waals surface area contributed by atoms with Crippen LogP contribution in [0.25, 0.3) is 0 Å². The van der Waals surface area contributed by atoms with E-state index >= 15 is 0 Å². The van der Waals surface area contributed by atoms with Crippen molar-refractivity contribution in [2.24, 2.45) is 0 Å². The molecule has 1 aromatic heterocycles. The van der Waals surface area contributed by atoms with Gasteiger partial charge >= 0.3 is 6.09 Å². The van der Waals surface area contributed by atoms with Crippen molar-refractivity contribution in [2.75, 3.05) is 44.3 Å². The van der Waals surface area contributed by atoms with Gasteiger partial charge in [-0.3, -0.25) is 5.43 Å². The topological polar surface area (TPSA) is 103 Å².